The van der Waals surface area contributed by atoms with Crippen molar-refractivity contribution < 1.29 is 32.7 Å². The zero-order chi connectivity index (χ0) is 21.9. The number of hydroxylamine groups is 2. The van der Waals surface area contributed by atoms with Crippen molar-refractivity contribution in [3.05, 3.63) is 0 Å². The predicted molar refractivity (Wildman–Crippen MR) is 98.6 cm³/mol. The summed E-state index contributed by atoms with van der Waals surface area (Å²) in [7, 11) is 0. The van der Waals surface area contributed by atoms with E-state index in [0.29, 0.717) is 19.4 Å². The summed E-state index contributed by atoms with van der Waals surface area (Å²) in [4.78, 5) is 44.5. The Morgan fingerprint density at radius 1 is 1.03 bits per heavy atom. The van der Waals surface area contributed by atoms with Crippen molar-refractivity contribution in [2.24, 2.45) is 11.3 Å². The molecule has 3 rings (SSSR count). The minimum atomic E-state index is -3.00. The number of ether oxygens (including phenoxy) is 1. The van der Waals surface area contributed by atoms with Gasteiger partial charge >= 0.3 is 11.9 Å². The summed E-state index contributed by atoms with van der Waals surface area (Å²) in [5.41, 5.74) is -1.56. The molecule has 0 aromatic carbocycles. The molecule has 2 saturated heterocycles. The second-order valence-electron chi connectivity index (χ2n) is 10.2. The molecule has 3 aliphatic rings. The van der Waals surface area contributed by atoms with Gasteiger partial charge in [0, 0.05) is 6.54 Å². The molecule has 29 heavy (non-hydrogen) atoms. The first-order valence-corrected chi connectivity index (χ1v) is 10.1. The monoisotopic (exact) mass is 416 g/mol. The summed E-state index contributed by atoms with van der Waals surface area (Å²) in [5, 5.41) is 1.27. The number of carbonyl (C=O) groups excluding carboxylic acids is 3. The Hall–Kier alpha value is -1.77. The minimum Gasteiger partial charge on any atom is -0.458 e. The van der Waals surface area contributed by atoms with E-state index in [4.69, 9.17) is 9.57 Å². The lowest BCUT2D eigenvalue weighted by atomic mass is 9.98. The molecule has 1 aliphatic carbocycles. The van der Waals surface area contributed by atoms with Crippen molar-refractivity contribution in [2.45, 2.75) is 90.5 Å². The highest BCUT2D eigenvalue weighted by Crippen LogP contribution is 2.60. The summed E-state index contributed by atoms with van der Waals surface area (Å²) < 4.78 is 33.6. The van der Waals surface area contributed by atoms with Crippen molar-refractivity contribution in [1.82, 2.24) is 9.96 Å². The van der Waals surface area contributed by atoms with Gasteiger partial charge in [0.2, 0.25) is 5.91 Å². The van der Waals surface area contributed by atoms with Gasteiger partial charge in [0.05, 0.1) is 11.3 Å². The van der Waals surface area contributed by atoms with Crippen molar-refractivity contribution >= 4 is 17.8 Å². The van der Waals surface area contributed by atoms with Crippen LogP contribution < -0.4 is 0 Å². The second kappa shape index (κ2) is 6.89. The number of halogens is 2. The first-order valence-electron chi connectivity index (χ1n) is 10.1. The van der Waals surface area contributed by atoms with Gasteiger partial charge in [0.1, 0.15) is 23.7 Å². The van der Waals surface area contributed by atoms with E-state index < -0.39 is 58.8 Å². The largest absolute Gasteiger partial charge is 0.458 e. The van der Waals surface area contributed by atoms with Gasteiger partial charge in [0.25, 0.3) is 5.92 Å². The maximum absolute atomic E-state index is 14.1. The molecule has 0 N–H and O–H groups in total. The van der Waals surface area contributed by atoms with Crippen LogP contribution in [0.25, 0.3) is 0 Å². The topological polar surface area (TPSA) is 76.2 Å². The molecular formula is C20H30F2N2O5. The summed E-state index contributed by atoms with van der Waals surface area (Å²) in [6.07, 6.45) is 0.840. The summed E-state index contributed by atoms with van der Waals surface area (Å²) >= 11 is 0. The van der Waals surface area contributed by atoms with Crippen LogP contribution in [-0.2, 0) is 24.0 Å². The number of hydrogen-bond donors (Lipinski definition) is 0. The standard InChI is InChI=1S/C20H30F2N2O5/c1-18(2,3)17(27)29-23-9-7-8-12(23)15(25)24-13(16(26)28-19(4,5)6)10-11-14(24)20(11,21)22/h11-14H,7-10H2,1-6H3/t11-,12-,13-,14+/m0/s1. The predicted octanol–water partition coefficient (Wildman–Crippen LogP) is 2.53. The fourth-order valence-corrected chi connectivity index (χ4v) is 3.97. The number of carbonyl (C=O) groups is 3. The molecule has 1 saturated carbocycles. The van der Waals surface area contributed by atoms with Crippen molar-refractivity contribution in [3.8, 4) is 0 Å². The Bertz CT molecular complexity index is 713. The lowest BCUT2D eigenvalue weighted by Crippen LogP contribution is -2.54. The van der Waals surface area contributed by atoms with E-state index in [1.165, 1.54) is 5.06 Å². The van der Waals surface area contributed by atoms with E-state index in [-0.39, 0.29) is 6.42 Å². The molecule has 0 spiro atoms. The van der Waals surface area contributed by atoms with Crippen LogP contribution in [0.4, 0.5) is 8.78 Å². The molecule has 164 valence electrons. The highest BCUT2D eigenvalue weighted by Gasteiger charge is 2.78. The number of amides is 1. The van der Waals surface area contributed by atoms with E-state index in [2.05, 4.69) is 0 Å². The zero-order valence-electron chi connectivity index (χ0n) is 17.8. The molecule has 3 fully saturated rings. The van der Waals surface area contributed by atoms with Gasteiger partial charge in [-0.25, -0.2) is 18.4 Å². The third-order valence-electron chi connectivity index (χ3n) is 5.51. The number of esters is 1. The molecule has 0 aromatic heterocycles. The Balaban J connectivity index is 1.79. The van der Waals surface area contributed by atoms with Gasteiger partial charge in [-0.15, -0.1) is 5.06 Å². The van der Waals surface area contributed by atoms with E-state index in [9.17, 15) is 23.2 Å². The lowest BCUT2D eigenvalue weighted by molar-refractivity contribution is -0.207. The molecule has 7 nitrogen and oxygen atoms in total. The highest BCUT2D eigenvalue weighted by atomic mass is 19.3. The molecule has 2 heterocycles. The first kappa shape index (κ1) is 21.9. The minimum absolute atomic E-state index is 0.118. The molecular weight excluding hydrogens is 386 g/mol. The van der Waals surface area contributed by atoms with Crippen LogP contribution in [-0.4, -0.2) is 64.0 Å². The van der Waals surface area contributed by atoms with Gasteiger partial charge < -0.3 is 14.5 Å². The van der Waals surface area contributed by atoms with E-state index in [1.54, 1.807) is 41.5 Å². The Morgan fingerprint density at radius 2 is 1.66 bits per heavy atom. The van der Waals surface area contributed by atoms with Crippen LogP contribution in [0.1, 0.15) is 60.8 Å². The number of hydrogen-bond acceptors (Lipinski definition) is 6. The number of fused-ring (bicyclic) bond motifs is 1. The van der Waals surface area contributed by atoms with Crippen LogP contribution in [0, 0.1) is 11.3 Å². The van der Waals surface area contributed by atoms with Crippen molar-refractivity contribution in [1.29, 1.82) is 0 Å². The normalized spacial score (nSPS) is 31.4. The number of rotatable bonds is 3. The molecule has 0 aromatic rings. The number of alkyl halides is 2. The zero-order valence-corrected chi connectivity index (χ0v) is 17.8. The molecule has 4 atom stereocenters. The molecule has 0 unspecified atom stereocenters. The van der Waals surface area contributed by atoms with Crippen molar-refractivity contribution in [2.75, 3.05) is 6.54 Å². The van der Waals surface area contributed by atoms with E-state index in [1.807, 2.05) is 0 Å². The van der Waals surface area contributed by atoms with Crippen LogP contribution >= 0.6 is 0 Å². The SMILES string of the molecule is CC(C)(C)OC(=O)[C@@H]1C[C@H]2[C@@H](N1C(=O)[C@@H]1CCCN1OC(=O)C(C)(C)C)C2(F)F. The third-order valence-corrected chi connectivity index (χ3v) is 5.51. The quantitative estimate of drug-likeness (QED) is 0.658. The van der Waals surface area contributed by atoms with Gasteiger partial charge in [-0.2, -0.15) is 0 Å². The summed E-state index contributed by atoms with van der Waals surface area (Å²) in [5.74, 6) is -5.82. The number of likely N-dealkylation sites (tertiary alicyclic amines) is 1. The van der Waals surface area contributed by atoms with Crippen LogP contribution in [0.3, 0.4) is 0 Å². The number of piperidine rings is 1. The van der Waals surface area contributed by atoms with Gasteiger partial charge in [-0.3, -0.25) is 4.79 Å². The Kier molecular flexibility index (Phi) is 5.21. The molecule has 9 heteroatoms. The van der Waals surface area contributed by atoms with Gasteiger partial charge in [-0.1, -0.05) is 0 Å². The second-order valence-corrected chi connectivity index (χ2v) is 10.2. The fraction of sp³-hybridized carbons (Fsp3) is 0.850. The van der Waals surface area contributed by atoms with Crippen LogP contribution in [0.2, 0.25) is 0 Å². The average Bonchev–Trinajstić information content (AvgIpc) is 2.97. The highest BCUT2D eigenvalue weighted by molar-refractivity contribution is 5.90. The summed E-state index contributed by atoms with van der Waals surface area (Å²) in [6.45, 7) is 10.5. The molecule has 2 aliphatic heterocycles. The maximum Gasteiger partial charge on any atom is 0.330 e. The maximum atomic E-state index is 14.1. The van der Waals surface area contributed by atoms with Crippen molar-refractivity contribution in [3.63, 3.8) is 0 Å². The lowest BCUT2D eigenvalue weighted by Gasteiger charge is -2.34. The molecule has 0 radical (unpaired) electrons. The first-order chi connectivity index (χ1) is 13.1. The van der Waals surface area contributed by atoms with Gasteiger partial charge in [0.15, 0.2) is 0 Å². The molecule has 0 bridgehead atoms. The average molecular weight is 416 g/mol. The van der Waals surface area contributed by atoms with Crippen LogP contribution in [0.5, 0.6) is 0 Å². The fourth-order valence-electron chi connectivity index (χ4n) is 3.97. The summed E-state index contributed by atoms with van der Waals surface area (Å²) in [6, 6.07) is -3.22. The third kappa shape index (κ3) is 4.11. The van der Waals surface area contributed by atoms with E-state index in [0.717, 1.165) is 4.90 Å². The Labute approximate surface area is 169 Å². The van der Waals surface area contributed by atoms with E-state index >= 15 is 0 Å². The molecule has 1 amide bonds. The Morgan fingerprint density at radius 3 is 2.21 bits per heavy atom. The smallest absolute Gasteiger partial charge is 0.330 e. The van der Waals surface area contributed by atoms with Crippen LogP contribution in [0.15, 0.2) is 0 Å². The van der Waals surface area contributed by atoms with Gasteiger partial charge in [-0.05, 0) is 60.8 Å². The number of nitrogens with zero attached hydrogens (tertiary/aromatic N) is 2.